The van der Waals surface area contributed by atoms with Crippen LogP contribution in [0, 0.1) is 0 Å². The Morgan fingerprint density at radius 2 is 0.804 bits per heavy atom. The van der Waals surface area contributed by atoms with Gasteiger partial charge in [0.15, 0.2) is 17.5 Å². The maximum Gasteiger partial charge on any atom is 0.164 e. The molecule has 0 radical (unpaired) electrons. The highest BCUT2D eigenvalue weighted by molar-refractivity contribution is 6.08. The average Bonchev–Trinajstić information content (AvgIpc) is 3.58. The Kier molecular flexibility index (Phi) is 6.78. The summed E-state index contributed by atoms with van der Waals surface area (Å²) in [6, 6.07) is 61.2. The van der Waals surface area contributed by atoms with E-state index in [2.05, 4.69) is 152 Å². The van der Waals surface area contributed by atoms with Gasteiger partial charge in [-0.05, 0) is 74.1 Å². The summed E-state index contributed by atoms with van der Waals surface area (Å²) in [4.78, 5) is 15.6. The number of hydrogen-bond acceptors (Lipinski definition) is 4. The summed E-state index contributed by atoms with van der Waals surface area (Å²) in [7, 11) is 0. The van der Waals surface area contributed by atoms with Gasteiger partial charge in [0.2, 0.25) is 0 Å². The molecule has 0 atom stereocenters. The molecule has 51 heavy (non-hydrogen) atoms. The molecule has 0 unspecified atom stereocenters. The molecule has 0 spiro atoms. The normalized spacial score (nSPS) is 11.5. The molecule has 0 aliphatic rings. The second-order valence-corrected chi connectivity index (χ2v) is 12.9. The van der Waals surface area contributed by atoms with E-state index in [0.29, 0.717) is 17.5 Å². The van der Waals surface area contributed by atoms with Gasteiger partial charge in [-0.1, -0.05) is 146 Å². The molecule has 0 fully saturated rings. The van der Waals surface area contributed by atoms with E-state index in [9.17, 15) is 0 Å². The zero-order valence-corrected chi connectivity index (χ0v) is 27.5. The van der Waals surface area contributed by atoms with Crippen molar-refractivity contribution in [1.82, 2.24) is 15.0 Å². The van der Waals surface area contributed by atoms with E-state index in [1.54, 1.807) is 0 Å². The van der Waals surface area contributed by atoms with E-state index < -0.39 is 0 Å². The highest BCUT2D eigenvalue weighted by Crippen LogP contribution is 2.40. The van der Waals surface area contributed by atoms with Crippen molar-refractivity contribution >= 4 is 43.5 Å². The Balaban J connectivity index is 1.22. The first-order chi connectivity index (χ1) is 25.2. The van der Waals surface area contributed by atoms with E-state index in [-0.39, 0.29) is 0 Å². The summed E-state index contributed by atoms with van der Waals surface area (Å²) < 4.78 is 6.41. The predicted octanol–water partition coefficient (Wildman–Crippen LogP) is 12.4. The number of furan rings is 1. The first-order valence-electron chi connectivity index (χ1n) is 17.1. The van der Waals surface area contributed by atoms with Crippen LogP contribution in [0.3, 0.4) is 0 Å². The summed E-state index contributed by atoms with van der Waals surface area (Å²) in [6.07, 6.45) is 0. The zero-order valence-electron chi connectivity index (χ0n) is 27.5. The van der Waals surface area contributed by atoms with Crippen LogP contribution in [-0.4, -0.2) is 15.0 Å². The van der Waals surface area contributed by atoms with Gasteiger partial charge in [0.05, 0.1) is 0 Å². The van der Waals surface area contributed by atoms with Gasteiger partial charge in [0, 0.05) is 27.5 Å². The molecular formula is C47H29N3O. The molecule has 0 saturated heterocycles. The molecular weight excluding hydrogens is 623 g/mol. The minimum absolute atomic E-state index is 0.602. The number of aromatic nitrogens is 3. The fourth-order valence-corrected chi connectivity index (χ4v) is 7.08. The van der Waals surface area contributed by atoms with Gasteiger partial charge in [-0.25, -0.2) is 15.0 Å². The van der Waals surface area contributed by atoms with Crippen LogP contribution >= 0.6 is 0 Å². The minimum Gasteiger partial charge on any atom is -0.456 e. The van der Waals surface area contributed by atoms with Gasteiger partial charge < -0.3 is 4.42 Å². The van der Waals surface area contributed by atoms with Crippen LogP contribution in [0.15, 0.2) is 180 Å². The van der Waals surface area contributed by atoms with E-state index in [1.165, 1.54) is 16.3 Å². The number of hydrogen-bond donors (Lipinski definition) is 0. The molecule has 0 saturated carbocycles. The molecule has 0 aliphatic carbocycles. The van der Waals surface area contributed by atoms with Gasteiger partial charge in [0.1, 0.15) is 11.2 Å². The molecule has 0 bridgehead atoms. The van der Waals surface area contributed by atoms with E-state index in [1.807, 2.05) is 24.3 Å². The van der Waals surface area contributed by atoms with Crippen molar-refractivity contribution in [2.75, 3.05) is 0 Å². The Bertz CT molecular complexity index is 2810. The third-order valence-corrected chi connectivity index (χ3v) is 9.71. The fraction of sp³-hybridized carbons (Fsp3) is 0. The zero-order chi connectivity index (χ0) is 33.7. The van der Waals surface area contributed by atoms with Gasteiger partial charge in [-0.15, -0.1) is 0 Å². The Hall–Kier alpha value is -6.91. The third kappa shape index (κ3) is 5.22. The van der Waals surface area contributed by atoms with Crippen molar-refractivity contribution in [2.24, 2.45) is 0 Å². The van der Waals surface area contributed by atoms with Crippen LogP contribution in [0.2, 0.25) is 0 Å². The molecule has 0 aliphatic heterocycles. The molecule has 8 aromatic carbocycles. The Morgan fingerprint density at radius 3 is 1.47 bits per heavy atom. The number of benzene rings is 8. The molecule has 10 rings (SSSR count). The number of para-hydroxylation sites is 1. The van der Waals surface area contributed by atoms with Gasteiger partial charge >= 0.3 is 0 Å². The van der Waals surface area contributed by atoms with Crippen LogP contribution in [0.25, 0.3) is 99.9 Å². The van der Waals surface area contributed by atoms with Crippen LogP contribution in [0.4, 0.5) is 0 Å². The van der Waals surface area contributed by atoms with E-state index in [0.717, 1.165) is 66.1 Å². The predicted molar refractivity (Wildman–Crippen MR) is 209 cm³/mol. The molecule has 4 heteroatoms. The van der Waals surface area contributed by atoms with Crippen molar-refractivity contribution in [2.45, 2.75) is 0 Å². The standard InChI is InChI=1S/C47H29N3O/c1-2-10-30(11-3-1)33-18-22-34(23-19-33)40-29-44-41(39-16-8-9-17-43(39)51-44)28-42(40)47-49-45(37-24-20-31-12-4-6-14-35(31)26-37)48-46(50-47)38-25-21-32-13-5-7-15-36(32)27-38/h1-29H. The molecule has 238 valence electrons. The maximum atomic E-state index is 6.41. The van der Waals surface area contributed by atoms with Gasteiger partial charge in [-0.2, -0.15) is 0 Å². The number of fused-ring (bicyclic) bond motifs is 5. The molecule has 2 heterocycles. The van der Waals surface area contributed by atoms with Crippen molar-refractivity contribution in [3.8, 4) is 56.4 Å². The Labute approximate surface area is 294 Å². The molecule has 2 aromatic heterocycles. The summed E-state index contributed by atoms with van der Waals surface area (Å²) in [6.45, 7) is 0. The lowest BCUT2D eigenvalue weighted by molar-refractivity contribution is 0.669. The highest BCUT2D eigenvalue weighted by atomic mass is 16.3. The van der Waals surface area contributed by atoms with Crippen molar-refractivity contribution in [3.63, 3.8) is 0 Å². The SMILES string of the molecule is c1ccc(-c2ccc(-c3cc4oc5ccccc5c4cc3-c3nc(-c4ccc5ccccc5c4)nc(-c4ccc5ccccc5c4)n3)cc2)cc1. The van der Waals surface area contributed by atoms with E-state index in [4.69, 9.17) is 19.4 Å². The van der Waals surface area contributed by atoms with Gasteiger partial charge in [-0.3, -0.25) is 0 Å². The molecule has 0 amide bonds. The first kappa shape index (κ1) is 29.0. The quantitative estimate of drug-likeness (QED) is 0.186. The highest BCUT2D eigenvalue weighted by Gasteiger charge is 2.20. The largest absolute Gasteiger partial charge is 0.456 e. The topological polar surface area (TPSA) is 51.8 Å². The smallest absolute Gasteiger partial charge is 0.164 e. The summed E-state index contributed by atoms with van der Waals surface area (Å²) >= 11 is 0. The lowest BCUT2D eigenvalue weighted by atomic mass is 9.95. The lowest BCUT2D eigenvalue weighted by Crippen LogP contribution is -2.01. The minimum atomic E-state index is 0.602. The summed E-state index contributed by atoms with van der Waals surface area (Å²) in [5.74, 6) is 1.85. The number of rotatable bonds is 5. The van der Waals surface area contributed by atoms with Crippen molar-refractivity contribution in [3.05, 3.63) is 176 Å². The first-order valence-corrected chi connectivity index (χ1v) is 17.1. The maximum absolute atomic E-state index is 6.41. The second-order valence-electron chi connectivity index (χ2n) is 12.9. The van der Waals surface area contributed by atoms with Crippen LogP contribution in [0.1, 0.15) is 0 Å². The second kappa shape index (κ2) is 11.9. The van der Waals surface area contributed by atoms with Crippen LogP contribution in [-0.2, 0) is 0 Å². The third-order valence-electron chi connectivity index (χ3n) is 9.71. The molecule has 10 aromatic rings. The summed E-state index contributed by atoms with van der Waals surface area (Å²) in [5.41, 5.74) is 8.81. The van der Waals surface area contributed by atoms with E-state index >= 15 is 0 Å². The fourth-order valence-electron chi connectivity index (χ4n) is 7.08. The van der Waals surface area contributed by atoms with Crippen molar-refractivity contribution in [1.29, 1.82) is 0 Å². The Morgan fingerprint density at radius 1 is 0.294 bits per heavy atom. The van der Waals surface area contributed by atoms with Gasteiger partial charge in [0.25, 0.3) is 0 Å². The average molecular weight is 652 g/mol. The van der Waals surface area contributed by atoms with Crippen molar-refractivity contribution < 1.29 is 4.42 Å². The van der Waals surface area contributed by atoms with Crippen LogP contribution in [0.5, 0.6) is 0 Å². The summed E-state index contributed by atoms with van der Waals surface area (Å²) in [5, 5.41) is 6.68. The number of nitrogens with zero attached hydrogens (tertiary/aromatic N) is 3. The van der Waals surface area contributed by atoms with Crippen LogP contribution < -0.4 is 0 Å². The lowest BCUT2D eigenvalue weighted by Gasteiger charge is -2.13. The molecule has 4 nitrogen and oxygen atoms in total. The molecule has 0 N–H and O–H groups in total. The monoisotopic (exact) mass is 651 g/mol.